The van der Waals surface area contributed by atoms with Gasteiger partial charge >= 0.3 is 0 Å². The van der Waals surface area contributed by atoms with Crippen molar-refractivity contribution in [2.45, 2.75) is 52.2 Å². The van der Waals surface area contributed by atoms with E-state index in [4.69, 9.17) is 9.47 Å². The van der Waals surface area contributed by atoms with Crippen molar-refractivity contribution in [3.05, 3.63) is 29.3 Å². The van der Waals surface area contributed by atoms with Crippen LogP contribution in [0.3, 0.4) is 0 Å². The molecule has 1 aliphatic rings. The molecule has 1 heterocycles. The Bertz CT molecular complexity index is 400. The third kappa shape index (κ3) is 4.50. The highest BCUT2D eigenvalue weighted by Gasteiger charge is 2.15. The van der Waals surface area contributed by atoms with Gasteiger partial charge in [0.05, 0.1) is 12.7 Å². The van der Waals surface area contributed by atoms with Gasteiger partial charge in [-0.05, 0) is 38.3 Å². The van der Waals surface area contributed by atoms with Crippen LogP contribution in [-0.4, -0.2) is 25.9 Å². The maximum atomic E-state index is 6.04. The molecule has 0 bridgehead atoms. The van der Waals surface area contributed by atoms with Crippen molar-refractivity contribution >= 4 is 0 Å². The van der Waals surface area contributed by atoms with Gasteiger partial charge in [-0.15, -0.1) is 0 Å². The lowest BCUT2D eigenvalue weighted by Crippen LogP contribution is -2.16. The molecule has 3 nitrogen and oxygen atoms in total. The molecule has 1 aliphatic heterocycles. The van der Waals surface area contributed by atoms with E-state index in [9.17, 15) is 0 Å². The van der Waals surface area contributed by atoms with Crippen molar-refractivity contribution in [2.75, 3.05) is 19.8 Å². The van der Waals surface area contributed by atoms with E-state index in [1.807, 2.05) is 0 Å². The molecule has 3 heteroatoms. The van der Waals surface area contributed by atoms with Crippen molar-refractivity contribution in [1.82, 2.24) is 5.32 Å². The molecule has 1 atom stereocenters. The second kappa shape index (κ2) is 8.28. The Labute approximate surface area is 122 Å². The molecule has 1 aromatic rings. The second-order valence-corrected chi connectivity index (χ2v) is 5.51. The quantitative estimate of drug-likeness (QED) is 0.738. The summed E-state index contributed by atoms with van der Waals surface area (Å²) in [6.07, 6.45) is 4.93. The van der Waals surface area contributed by atoms with E-state index in [1.54, 1.807) is 0 Å². The van der Waals surface area contributed by atoms with Crippen molar-refractivity contribution in [2.24, 2.45) is 0 Å². The first-order valence-corrected chi connectivity index (χ1v) is 7.85. The van der Waals surface area contributed by atoms with Crippen molar-refractivity contribution in [1.29, 1.82) is 0 Å². The largest absolute Gasteiger partial charge is 0.493 e. The van der Waals surface area contributed by atoms with E-state index in [1.165, 1.54) is 24.0 Å². The molecule has 1 saturated heterocycles. The number of para-hydroxylation sites is 1. The van der Waals surface area contributed by atoms with Crippen LogP contribution in [0, 0.1) is 6.92 Å². The number of hydrogen-bond donors (Lipinski definition) is 1. The first-order chi connectivity index (χ1) is 9.81. The summed E-state index contributed by atoms with van der Waals surface area (Å²) < 4.78 is 11.7. The summed E-state index contributed by atoms with van der Waals surface area (Å²) in [6.45, 7) is 7.89. The van der Waals surface area contributed by atoms with Gasteiger partial charge in [-0.2, -0.15) is 0 Å². The lowest BCUT2D eigenvalue weighted by Gasteiger charge is -2.16. The van der Waals surface area contributed by atoms with Gasteiger partial charge in [0.25, 0.3) is 0 Å². The highest BCUT2D eigenvalue weighted by molar-refractivity contribution is 5.40. The molecule has 20 heavy (non-hydrogen) atoms. The zero-order chi connectivity index (χ0) is 14.2. The van der Waals surface area contributed by atoms with Crippen LogP contribution in [0.25, 0.3) is 0 Å². The lowest BCUT2D eigenvalue weighted by molar-refractivity contribution is 0.0901. The molecule has 1 unspecified atom stereocenters. The number of benzene rings is 1. The molecule has 0 amide bonds. The minimum atomic E-state index is 0.403. The van der Waals surface area contributed by atoms with Gasteiger partial charge in [0.15, 0.2) is 0 Å². The number of rotatable bonds is 8. The van der Waals surface area contributed by atoms with Gasteiger partial charge < -0.3 is 14.8 Å². The predicted molar refractivity (Wildman–Crippen MR) is 82.3 cm³/mol. The summed E-state index contributed by atoms with van der Waals surface area (Å²) in [5.41, 5.74) is 2.47. The maximum Gasteiger partial charge on any atom is 0.126 e. The number of nitrogens with one attached hydrogen (secondary N) is 1. The van der Waals surface area contributed by atoms with Gasteiger partial charge in [-0.3, -0.25) is 0 Å². The Hall–Kier alpha value is -1.06. The molecule has 0 spiro atoms. The topological polar surface area (TPSA) is 30.5 Å². The third-order valence-electron chi connectivity index (χ3n) is 3.75. The van der Waals surface area contributed by atoms with Crippen LogP contribution in [0.5, 0.6) is 5.75 Å². The van der Waals surface area contributed by atoms with E-state index >= 15 is 0 Å². The van der Waals surface area contributed by atoms with E-state index in [0.29, 0.717) is 6.10 Å². The molecule has 0 aliphatic carbocycles. The fourth-order valence-corrected chi connectivity index (χ4v) is 2.62. The Morgan fingerprint density at radius 2 is 2.30 bits per heavy atom. The summed E-state index contributed by atoms with van der Waals surface area (Å²) in [6, 6.07) is 6.37. The summed E-state index contributed by atoms with van der Waals surface area (Å²) in [5, 5.41) is 3.45. The van der Waals surface area contributed by atoms with Crippen molar-refractivity contribution < 1.29 is 9.47 Å². The average molecular weight is 277 g/mol. The number of ether oxygens (including phenoxy) is 2. The van der Waals surface area contributed by atoms with Crippen molar-refractivity contribution in [3.8, 4) is 5.75 Å². The SMILES string of the molecule is CCCNCc1cccc(C)c1OCCC1CCCO1. The fourth-order valence-electron chi connectivity index (χ4n) is 2.62. The van der Waals surface area contributed by atoms with Crippen LogP contribution >= 0.6 is 0 Å². The van der Waals surface area contributed by atoms with Gasteiger partial charge in [0.2, 0.25) is 0 Å². The molecule has 112 valence electrons. The lowest BCUT2D eigenvalue weighted by atomic mass is 10.1. The summed E-state index contributed by atoms with van der Waals surface area (Å²) in [4.78, 5) is 0. The van der Waals surface area contributed by atoms with Crippen LogP contribution in [0.1, 0.15) is 43.7 Å². The molecular weight excluding hydrogens is 250 g/mol. The number of aryl methyl sites for hydroxylation is 1. The van der Waals surface area contributed by atoms with Gasteiger partial charge in [-0.25, -0.2) is 0 Å². The normalized spacial score (nSPS) is 18.4. The summed E-state index contributed by atoms with van der Waals surface area (Å²) in [5.74, 6) is 1.05. The third-order valence-corrected chi connectivity index (χ3v) is 3.75. The summed E-state index contributed by atoms with van der Waals surface area (Å²) >= 11 is 0. The molecule has 0 saturated carbocycles. The molecule has 1 N–H and O–H groups in total. The molecule has 2 rings (SSSR count). The molecule has 0 radical (unpaired) electrons. The molecular formula is C17H27NO2. The predicted octanol–water partition coefficient (Wildman–Crippen LogP) is 3.44. The standard InChI is InChI=1S/C17H27NO2/c1-3-10-18-13-15-7-4-6-14(2)17(15)20-12-9-16-8-5-11-19-16/h4,6-7,16,18H,3,5,8-13H2,1-2H3. The number of hydrogen-bond acceptors (Lipinski definition) is 3. The van der Waals surface area contributed by atoms with Crippen molar-refractivity contribution in [3.63, 3.8) is 0 Å². The Morgan fingerprint density at radius 3 is 3.05 bits per heavy atom. The van der Waals surface area contributed by atoms with Crippen LogP contribution < -0.4 is 10.1 Å². The second-order valence-electron chi connectivity index (χ2n) is 5.51. The highest BCUT2D eigenvalue weighted by atomic mass is 16.5. The van der Waals surface area contributed by atoms with E-state index in [-0.39, 0.29) is 0 Å². The Kier molecular flexibility index (Phi) is 6.34. The van der Waals surface area contributed by atoms with Gasteiger partial charge in [-0.1, -0.05) is 25.1 Å². The van der Waals surface area contributed by atoms with Crippen LogP contribution in [0.2, 0.25) is 0 Å². The molecule has 0 aromatic heterocycles. The minimum absolute atomic E-state index is 0.403. The van der Waals surface area contributed by atoms with Gasteiger partial charge in [0.1, 0.15) is 5.75 Å². The average Bonchev–Trinajstić information content (AvgIpc) is 2.95. The van der Waals surface area contributed by atoms with E-state index in [2.05, 4.69) is 37.4 Å². The van der Waals surface area contributed by atoms with Gasteiger partial charge in [0, 0.05) is 25.1 Å². The zero-order valence-corrected chi connectivity index (χ0v) is 12.8. The first kappa shape index (κ1) is 15.3. The van der Waals surface area contributed by atoms with Crippen LogP contribution in [-0.2, 0) is 11.3 Å². The smallest absolute Gasteiger partial charge is 0.126 e. The fraction of sp³-hybridized carbons (Fsp3) is 0.647. The Morgan fingerprint density at radius 1 is 1.40 bits per heavy atom. The van der Waals surface area contributed by atoms with E-state index in [0.717, 1.165) is 44.9 Å². The summed E-state index contributed by atoms with van der Waals surface area (Å²) in [7, 11) is 0. The van der Waals surface area contributed by atoms with E-state index < -0.39 is 0 Å². The van der Waals surface area contributed by atoms with Crippen LogP contribution in [0.4, 0.5) is 0 Å². The minimum Gasteiger partial charge on any atom is -0.493 e. The molecule has 1 fully saturated rings. The zero-order valence-electron chi connectivity index (χ0n) is 12.8. The monoisotopic (exact) mass is 277 g/mol. The Balaban J connectivity index is 1.87. The first-order valence-electron chi connectivity index (χ1n) is 7.85. The molecule has 1 aromatic carbocycles. The maximum absolute atomic E-state index is 6.04. The van der Waals surface area contributed by atoms with Crippen LogP contribution in [0.15, 0.2) is 18.2 Å². The highest BCUT2D eigenvalue weighted by Crippen LogP contribution is 2.24.